The first-order valence-corrected chi connectivity index (χ1v) is 6.88. The number of hydrogen-bond acceptors (Lipinski definition) is 4. The van der Waals surface area contributed by atoms with Crippen LogP contribution in [0.25, 0.3) is 0 Å². The van der Waals surface area contributed by atoms with Crippen LogP contribution in [0.2, 0.25) is 0 Å². The number of hydrazine groups is 1. The second-order valence-electron chi connectivity index (χ2n) is 5.29. The molecule has 0 amide bonds. The second-order valence-corrected chi connectivity index (χ2v) is 5.29. The minimum absolute atomic E-state index is 0.287. The highest BCUT2D eigenvalue weighted by Crippen LogP contribution is 2.29. The molecule has 2 rings (SSSR count). The van der Waals surface area contributed by atoms with Gasteiger partial charge >= 0.3 is 6.18 Å². The van der Waals surface area contributed by atoms with Crippen LogP contribution >= 0.6 is 0 Å². The highest BCUT2D eigenvalue weighted by atomic mass is 19.4. The van der Waals surface area contributed by atoms with Gasteiger partial charge < -0.3 is 10.0 Å². The van der Waals surface area contributed by atoms with Gasteiger partial charge in [-0.25, -0.2) is 5.01 Å². The van der Waals surface area contributed by atoms with E-state index in [-0.39, 0.29) is 6.54 Å². The lowest BCUT2D eigenvalue weighted by atomic mass is 10.1. The lowest BCUT2D eigenvalue weighted by molar-refractivity contribution is -0.137. The Balaban J connectivity index is 1.84. The number of nitrogens with zero attached hydrogens (tertiary/aromatic N) is 2. The fraction of sp³-hybridized carbons (Fsp3) is 0.571. The summed E-state index contributed by atoms with van der Waals surface area (Å²) < 4.78 is 37.4. The first-order valence-electron chi connectivity index (χ1n) is 6.88. The first-order chi connectivity index (χ1) is 9.86. The number of benzene rings is 1. The molecule has 1 aliphatic heterocycles. The Bertz CT molecular complexity index is 442. The molecule has 1 unspecified atom stereocenters. The molecule has 0 saturated carbocycles. The van der Waals surface area contributed by atoms with Crippen LogP contribution in [0.15, 0.2) is 24.3 Å². The van der Waals surface area contributed by atoms with Crippen LogP contribution < -0.4 is 5.43 Å². The number of aliphatic hydroxyl groups is 1. The normalized spacial score (nSPS) is 19.7. The fourth-order valence-corrected chi connectivity index (χ4v) is 2.19. The Hall–Kier alpha value is -1.15. The third-order valence-corrected chi connectivity index (χ3v) is 3.63. The molecule has 0 aliphatic carbocycles. The molecule has 2 N–H and O–H groups in total. The van der Waals surface area contributed by atoms with Crippen molar-refractivity contribution in [3.8, 4) is 0 Å². The van der Waals surface area contributed by atoms with Gasteiger partial charge in [0.25, 0.3) is 0 Å². The maximum atomic E-state index is 12.5. The number of piperazine rings is 1. The zero-order chi connectivity index (χ0) is 15.5. The summed E-state index contributed by atoms with van der Waals surface area (Å²) in [6.07, 6.45) is -5.17. The Morgan fingerprint density at radius 2 is 1.71 bits per heavy atom. The molecule has 0 bridgehead atoms. The van der Waals surface area contributed by atoms with Crippen molar-refractivity contribution in [2.45, 2.75) is 12.3 Å². The molecule has 118 valence electrons. The third kappa shape index (κ3) is 4.67. The Morgan fingerprint density at radius 1 is 1.14 bits per heavy atom. The monoisotopic (exact) mass is 303 g/mol. The molecule has 1 aromatic rings. The number of alkyl halides is 3. The standard InChI is InChI=1S/C14H20F3N3O/c1-19-6-8-20(9-7-19)18-10-13(21)11-2-4-12(5-3-11)14(15,16)17/h2-5,13,18,21H,6-10H2,1H3. The lowest BCUT2D eigenvalue weighted by Crippen LogP contribution is -2.51. The van der Waals surface area contributed by atoms with E-state index in [1.165, 1.54) is 12.1 Å². The topological polar surface area (TPSA) is 38.7 Å². The maximum Gasteiger partial charge on any atom is 0.416 e. The summed E-state index contributed by atoms with van der Waals surface area (Å²) in [5.41, 5.74) is 2.89. The van der Waals surface area contributed by atoms with Crippen LogP contribution in [-0.4, -0.2) is 54.8 Å². The van der Waals surface area contributed by atoms with Gasteiger partial charge in [0, 0.05) is 32.7 Å². The van der Waals surface area contributed by atoms with E-state index in [1.54, 1.807) is 0 Å². The highest BCUT2D eigenvalue weighted by molar-refractivity contribution is 5.26. The molecule has 4 nitrogen and oxygen atoms in total. The smallest absolute Gasteiger partial charge is 0.387 e. The van der Waals surface area contributed by atoms with Crippen molar-refractivity contribution >= 4 is 0 Å². The summed E-state index contributed by atoms with van der Waals surface area (Å²) >= 11 is 0. The van der Waals surface area contributed by atoms with Crippen LogP contribution in [0.1, 0.15) is 17.2 Å². The quantitative estimate of drug-likeness (QED) is 0.884. The van der Waals surface area contributed by atoms with Gasteiger partial charge in [0.1, 0.15) is 0 Å². The molecule has 0 radical (unpaired) electrons. The highest BCUT2D eigenvalue weighted by Gasteiger charge is 2.30. The molecular weight excluding hydrogens is 283 g/mol. The van der Waals surface area contributed by atoms with Crippen LogP contribution in [0, 0.1) is 0 Å². The van der Waals surface area contributed by atoms with E-state index in [4.69, 9.17) is 0 Å². The lowest BCUT2D eigenvalue weighted by Gasteiger charge is -2.33. The number of rotatable bonds is 4. The van der Waals surface area contributed by atoms with Crippen LogP contribution in [0.4, 0.5) is 13.2 Å². The predicted molar refractivity (Wildman–Crippen MR) is 73.5 cm³/mol. The summed E-state index contributed by atoms with van der Waals surface area (Å²) in [4.78, 5) is 2.21. The zero-order valence-corrected chi connectivity index (χ0v) is 11.9. The minimum Gasteiger partial charge on any atom is -0.387 e. The Morgan fingerprint density at radius 3 is 2.24 bits per heavy atom. The van der Waals surface area contributed by atoms with Crippen LogP contribution in [-0.2, 0) is 6.18 Å². The fourth-order valence-electron chi connectivity index (χ4n) is 2.19. The summed E-state index contributed by atoms with van der Waals surface area (Å²) in [5.74, 6) is 0. The summed E-state index contributed by atoms with van der Waals surface area (Å²) in [5, 5.41) is 12.0. The molecule has 1 heterocycles. The third-order valence-electron chi connectivity index (χ3n) is 3.63. The average Bonchev–Trinajstić information content (AvgIpc) is 2.45. The molecule has 21 heavy (non-hydrogen) atoms. The van der Waals surface area contributed by atoms with Crippen molar-refractivity contribution in [2.24, 2.45) is 0 Å². The molecular formula is C14H20F3N3O. The van der Waals surface area contributed by atoms with Crippen molar-refractivity contribution in [1.82, 2.24) is 15.3 Å². The zero-order valence-electron chi connectivity index (χ0n) is 11.9. The SMILES string of the molecule is CN1CCN(NCC(O)c2ccc(C(F)(F)F)cc2)CC1. The average molecular weight is 303 g/mol. The van der Waals surface area contributed by atoms with E-state index >= 15 is 0 Å². The molecule has 1 saturated heterocycles. The molecule has 1 fully saturated rings. The Labute approximate surface area is 122 Å². The number of hydrogen-bond donors (Lipinski definition) is 2. The van der Waals surface area contributed by atoms with Gasteiger partial charge in [0.05, 0.1) is 11.7 Å². The molecule has 7 heteroatoms. The van der Waals surface area contributed by atoms with Crippen molar-refractivity contribution in [2.75, 3.05) is 39.8 Å². The van der Waals surface area contributed by atoms with Crippen molar-refractivity contribution in [1.29, 1.82) is 0 Å². The van der Waals surface area contributed by atoms with Gasteiger partial charge in [0.2, 0.25) is 0 Å². The van der Waals surface area contributed by atoms with Crippen molar-refractivity contribution in [3.05, 3.63) is 35.4 Å². The van der Waals surface area contributed by atoms with E-state index in [0.717, 1.165) is 38.3 Å². The van der Waals surface area contributed by atoms with Crippen molar-refractivity contribution in [3.63, 3.8) is 0 Å². The van der Waals surface area contributed by atoms with Crippen LogP contribution in [0.3, 0.4) is 0 Å². The Kier molecular flexibility index (Phi) is 5.21. The number of aliphatic hydroxyl groups excluding tert-OH is 1. The van der Waals surface area contributed by atoms with Gasteiger partial charge in [-0.2, -0.15) is 13.2 Å². The summed E-state index contributed by atoms with van der Waals surface area (Å²) in [6, 6.07) is 4.63. The van der Waals surface area contributed by atoms with Gasteiger partial charge in [-0.15, -0.1) is 0 Å². The van der Waals surface area contributed by atoms with Gasteiger partial charge in [-0.05, 0) is 24.7 Å². The molecule has 1 aromatic carbocycles. The summed E-state index contributed by atoms with van der Waals surface area (Å²) in [6.45, 7) is 3.90. The molecule has 0 spiro atoms. The predicted octanol–water partition coefficient (Wildman–Crippen LogP) is 1.49. The van der Waals surface area contributed by atoms with E-state index in [9.17, 15) is 18.3 Å². The first kappa shape index (κ1) is 16.2. The minimum atomic E-state index is -4.35. The van der Waals surface area contributed by atoms with Gasteiger partial charge in [-0.3, -0.25) is 5.43 Å². The van der Waals surface area contributed by atoms with Crippen molar-refractivity contribution < 1.29 is 18.3 Å². The van der Waals surface area contributed by atoms with E-state index in [1.807, 2.05) is 12.1 Å². The maximum absolute atomic E-state index is 12.5. The molecule has 1 atom stereocenters. The van der Waals surface area contributed by atoms with Crippen LogP contribution in [0.5, 0.6) is 0 Å². The second kappa shape index (κ2) is 6.74. The van der Waals surface area contributed by atoms with E-state index in [2.05, 4.69) is 10.3 Å². The molecule has 0 aromatic heterocycles. The molecule has 1 aliphatic rings. The summed E-state index contributed by atoms with van der Waals surface area (Å²) in [7, 11) is 2.05. The number of halogens is 3. The van der Waals surface area contributed by atoms with E-state index < -0.39 is 17.8 Å². The van der Waals surface area contributed by atoms with Gasteiger partial charge in [0.15, 0.2) is 0 Å². The number of nitrogens with one attached hydrogen (secondary N) is 1. The number of likely N-dealkylation sites (N-methyl/N-ethyl adjacent to an activating group) is 1. The largest absolute Gasteiger partial charge is 0.416 e. The van der Waals surface area contributed by atoms with E-state index in [0.29, 0.717) is 5.56 Å². The van der Waals surface area contributed by atoms with Gasteiger partial charge in [-0.1, -0.05) is 12.1 Å².